The van der Waals surface area contributed by atoms with Crippen LogP contribution in [0.1, 0.15) is 17.2 Å². The van der Waals surface area contributed by atoms with Gasteiger partial charge in [-0.25, -0.2) is 4.79 Å². The van der Waals surface area contributed by atoms with E-state index in [4.69, 9.17) is 4.74 Å². The summed E-state index contributed by atoms with van der Waals surface area (Å²) in [4.78, 5) is 11.1. The molecule has 4 nitrogen and oxygen atoms in total. The van der Waals surface area contributed by atoms with Gasteiger partial charge >= 0.3 is 12.1 Å². The second-order valence-corrected chi connectivity index (χ2v) is 3.38. The maximum atomic E-state index is 12.5. The summed E-state index contributed by atoms with van der Waals surface area (Å²) < 4.78 is 46.6. The first-order valence-electron chi connectivity index (χ1n) is 4.82. The standard InChI is InChI=1S/C11H11F3O4/c1-17-8-4-3-6(11(12,13)14)5-7(8)9(15)10(16)18-2/h3-5,9,15H,1-2H3. The topological polar surface area (TPSA) is 55.8 Å². The third-order valence-corrected chi connectivity index (χ3v) is 2.28. The SMILES string of the molecule is COC(=O)C(O)c1cc(C(F)(F)F)ccc1OC. The molecule has 1 atom stereocenters. The van der Waals surface area contributed by atoms with Crippen LogP contribution < -0.4 is 4.74 Å². The molecule has 0 radical (unpaired) electrons. The smallest absolute Gasteiger partial charge is 0.416 e. The number of halogens is 3. The number of ether oxygens (including phenoxy) is 2. The monoisotopic (exact) mass is 264 g/mol. The highest BCUT2D eigenvalue weighted by molar-refractivity contribution is 5.77. The van der Waals surface area contributed by atoms with Crippen molar-refractivity contribution in [3.05, 3.63) is 29.3 Å². The van der Waals surface area contributed by atoms with Crippen LogP contribution in [0.15, 0.2) is 18.2 Å². The number of alkyl halides is 3. The Kier molecular flexibility index (Phi) is 4.18. The minimum atomic E-state index is -4.57. The first-order chi connectivity index (χ1) is 8.31. The highest BCUT2D eigenvalue weighted by atomic mass is 19.4. The molecule has 0 amide bonds. The number of carbonyl (C=O) groups is 1. The molecular weight excluding hydrogens is 253 g/mol. The second-order valence-electron chi connectivity index (χ2n) is 3.38. The molecule has 0 aliphatic carbocycles. The van der Waals surface area contributed by atoms with Gasteiger partial charge in [-0.05, 0) is 18.2 Å². The van der Waals surface area contributed by atoms with E-state index in [-0.39, 0.29) is 11.3 Å². The van der Waals surface area contributed by atoms with Gasteiger partial charge in [0.05, 0.1) is 19.8 Å². The summed E-state index contributed by atoms with van der Waals surface area (Å²) in [5.41, 5.74) is -1.28. The van der Waals surface area contributed by atoms with Crippen molar-refractivity contribution in [1.82, 2.24) is 0 Å². The van der Waals surface area contributed by atoms with Gasteiger partial charge in [0.15, 0.2) is 6.10 Å². The van der Waals surface area contributed by atoms with Gasteiger partial charge in [-0.15, -0.1) is 0 Å². The predicted molar refractivity (Wildman–Crippen MR) is 55.0 cm³/mol. The Balaban J connectivity index is 3.26. The largest absolute Gasteiger partial charge is 0.496 e. The van der Waals surface area contributed by atoms with Crippen LogP contribution in [0, 0.1) is 0 Å². The van der Waals surface area contributed by atoms with E-state index in [1.54, 1.807) is 0 Å². The Morgan fingerprint density at radius 2 is 1.94 bits per heavy atom. The highest BCUT2D eigenvalue weighted by Gasteiger charge is 2.33. The molecule has 100 valence electrons. The van der Waals surface area contributed by atoms with Crippen molar-refractivity contribution >= 4 is 5.97 Å². The van der Waals surface area contributed by atoms with Crippen molar-refractivity contribution in [2.45, 2.75) is 12.3 Å². The number of methoxy groups -OCH3 is 2. The van der Waals surface area contributed by atoms with Gasteiger partial charge in [0.2, 0.25) is 0 Å². The average molecular weight is 264 g/mol. The van der Waals surface area contributed by atoms with Crippen molar-refractivity contribution in [1.29, 1.82) is 0 Å². The van der Waals surface area contributed by atoms with Crippen LogP contribution in [-0.4, -0.2) is 25.3 Å². The van der Waals surface area contributed by atoms with Gasteiger partial charge < -0.3 is 14.6 Å². The highest BCUT2D eigenvalue weighted by Crippen LogP contribution is 2.35. The van der Waals surface area contributed by atoms with Crippen LogP contribution in [0.2, 0.25) is 0 Å². The Morgan fingerprint density at radius 1 is 1.33 bits per heavy atom. The van der Waals surface area contributed by atoms with Crippen LogP contribution >= 0.6 is 0 Å². The van der Waals surface area contributed by atoms with Crippen LogP contribution in [0.5, 0.6) is 5.75 Å². The summed E-state index contributed by atoms with van der Waals surface area (Å²) in [6, 6.07) is 2.48. The molecule has 0 saturated heterocycles. The molecule has 1 N–H and O–H groups in total. The van der Waals surface area contributed by atoms with Gasteiger partial charge in [-0.2, -0.15) is 13.2 Å². The average Bonchev–Trinajstić information content (AvgIpc) is 2.35. The van der Waals surface area contributed by atoms with Gasteiger partial charge in [-0.3, -0.25) is 0 Å². The third-order valence-electron chi connectivity index (χ3n) is 2.28. The Bertz CT molecular complexity index is 442. The van der Waals surface area contributed by atoms with Crippen LogP contribution in [-0.2, 0) is 15.7 Å². The fourth-order valence-corrected chi connectivity index (χ4v) is 1.36. The molecule has 0 aromatic heterocycles. The van der Waals surface area contributed by atoms with E-state index in [2.05, 4.69) is 4.74 Å². The van der Waals surface area contributed by atoms with E-state index in [1.165, 1.54) is 7.11 Å². The lowest BCUT2D eigenvalue weighted by molar-refractivity contribution is -0.151. The van der Waals surface area contributed by atoms with E-state index >= 15 is 0 Å². The van der Waals surface area contributed by atoms with Crippen LogP contribution in [0.3, 0.4) is 0 Å². The Labute approximate surface area is 101 Å². The molecule has 1 rings (SSSR count). The molecule has 0 bridgehead atoms. The summed E-state index contributed by atoms with van der Waals surface area (Å²) in [5.74, 6) is -1.09. The zero-order chi connectivity index (χ0) is 13.9. The van der Waals surface area contributed by atoms with Crippen molar-refractivity contribution < 1.29 is 32.5 Å². The molecule has 1 unspecified atom stereocenters. The maximum absolute atomic E-state index is 12.5. The Hall–Kier alpha value is -1.76. The number of hydrogen-bond donors (Lipinski definition) is 1. The molecule has 0 heterocycles. The normalized spacial score (nSPS) is 13.0. The van der Waals surface area contributed by atoms with E-state index in [0.29, 0.717) is 6.07 Å². The molecule has 0 saturated carbocycles. The zero-order valence-corrected chi connectivity index (χ0v) is 9.62. The summed E-state index contributed by atoms with van der Waals surface area (Å²) in [7, 11) is 2.24. The van der Waals surface area contributed by atoms with Gasteiger partial charge in [-0.1, -0.05) is 0 Å². The number of carbonyl (C=O) groups excluding carboxylic acids is 1. The number of aliphatic hydroxyl groups is 1. The number of rotatable bonds is 3. The molecule has 0 aliphatic heterocycles. The third kappa shape index (κ3) is 2.92. The first-order valence-corrected chi connectivity index (χ1v) is 4.82. The van der Waals surface area contributed by atoms with E-state index < -0.39 is 23.8 Å². The summed E-state index contributed by atoms with van der Waals surface area (Å²) in [6.07, 6.45) is -6.40. The van der Waals surface area contributed by atoms with Crippen molar-refractivity contribution in [3.63, 3.8) is 0 Å². The Morgan fingerprint density at radius 3 is 2.39 bits per heavy atom. The fourth-order valence-electron chi connectivity index (χ4n) is 1.36. The van der Waals surface area contributed by atoms with Gasteiger partial charge in [0.25, 0.3) is 0 Å². The van der Waals surface area contributed by atoms with Crippen molar-refractivity contribution in [2.75, 3.05) is 14.2 Å². The molecule has 0 spiro atoms. The molecule has 7 heteroatoms. The summed E-state index contributed by atoms with van der Waals surface area (Å²) >= 11 is 0. The van der Waals surface area contributed by atoms with E-state index in [9.17, 15) is 23.1 Å². The van der Waals surface area contributed by atoms with Crippen LogP contribution in [0.25, 0.3) is 0 Å². The first kappa shape index (κ1) is 14.3. The number of hydrogen-bond acceptors (Lipinski definition) is 4. The van der Waals surface area contributed by atoms with Crippen molar-refractivity contribution in [2.24, 2.45) is 0 Å². The second kappa shape index (κ2) is 5.26. The number of aliphatic hydroxyl groups excluding tert-OH is 1. The van der Waals surface area contributed by atoms with Crippen molar-refractivity contribution in [3.8, 4) is 5.75 Å². The summed E-state index contributed by atoms with van der Waals surface area (Å²) in [6.45, 7) is 0. The number of esters is 1. The van der Waals surface area contributed by atoms with Gasteiger partial charge in [0.1, 0.15) is 5.75 Å². The molecular formula is C11H11F3O4. The molecule has 1 aromatic carbocycles. The minimum Gasteiger partial charge on any atom is -0.496 e. The maximum Gasteiger partial charge on any atom is 0.416 e. The lowest BCUT2D eigenvalue weighted by Gasteiger charge is -2.15. The lowest BCUT2D eigenvalue weighted by Crippen LogP contribution is -2.16. The van der Waals surface area contributed by atoms with E-state index in [0.717, 1.165) is 19.2 Å². The number of benzene rings is 1. The quantitative estimate of drug-likeness (QED) is 0.847. The van der Waals surface area contributed by atoms with Crippen LogP contribution in [0.4, 0.5) is 13.2 Å². The summed E-state index contributed by atoms with van der Waals surface area (Å²) in [5, 5.41) is 9.57. The lowest BCUT2D eigenvalue weighted by atomic mass is 10.0. The predicted octanol–water partition coefficient (Wildman–Crippen LogP) is 1.92. The molecule has 0 aliphatic rings. The molecule has 0 fully saturated rings. The zero-order valence-electron chi connectivity index (χ0n) is 9.62. The van der Waals surface area contributed by atoms with E-state index in [1.807, 2.05) is 0 Å². The van der Waals surface area contributed by atoms with Gasteiger partial charge in [0, 0.05) is 5.56 Å². The minimum absolute atomic E-state index is 0.0269. The fraction of sp³-hybridized carbons (Fsp3) is 0.364. The molecule has 18 heavy (non-hydrogen) atoms. The molecule has 1 aromatic rings.